The molecule has 1 aromatic heterocycles. The molecule has 0 saturated carbocycles. The highest BCUT2D eigenvalue weighted by Gasteiger charge is 2.21. The molecule has 0 aliphatic rings. The first-order chi connectivity index (χ1) is 11.9. The van der Waals surface area contributed by atoms with Gasteiger partial charge in [0.15, 0.2) is 6.04 Å². The fraction of sp³-hybridized carbons (Fsp3) is 0.278. The van der Waals surface area contributed by atoms with Gasteiger partial charge in [0.25, 0.3) is 5.91 Å². The number of benzene rings is 1. The molecule has 1 atom stereocenters. The first-order valence-electron chi connectivity index (χ1n) is 7.65. The predicted octanol–water partition coefficient (Wildman–Crippen LogP) is 2.43. The van der Waals surface area contributed by atoms with Crippen LogP contribution in [-0.4, -0.2) is 34.7 Å². The van der Waals surface area contributed by atoms with Gasteiger partial charge in [-0.3, -0.25) is 9.78 Å². The first kappa shape index (κ1) is 18.4. The van der Waals surface area contributed by atoms with Crippen molar-refractivity contribution >= 4 is 11.9 Å². The third kappa shape index (κ3) is 4.76. The van der Waals surface area contributed by atoms with Gasteiger partial charge in [-0.25, -0.2) is 9.18 Å². The van der Waals surface area contributed by atoms with Crippen LogP contribution in [0.1, 0.15) is 27.0 Å². The molecule has 0 saturated heterocycles. The molecule has 0 spiro atoms. The SMILES string of the molecule is Cc1cc(C(=O)NC(CF)C(=O)O)cc(C)c1OCc1cccnc1. The van der Waals surface area contributed by atoms with E-state index in [-0.39, 0.29) is 5.56 Å². The Kier molecular flexibility index (Phi) is 6.05. The Bertz CT molecular complexity index is 742. The van der Waals surface area contributed by atoms with E-state index < -0.39 is 24.6 Å². The monoisotopic (exact) mass is 346 g/mol. The minimum atomic E-state index is -1.56. The summed E-state index contributed by atoms with van der Waals surface area (Å²) in [6.45, 7) is 2.73. The zero-order valence-corrected chi connectivity index (χ0v) is 14.0. The van der Waals surface area contributed by atoms with E-state index in [0.29, 0.717) is 12.4 Å². The van der Waals surface area contributed by atoms with Crippen LogP contribution in [0.4, 0.5) is 4.39 Å². The van der Waals surface area contributed by atoms with E-state index in [1.807, 2.05) is 12.1 Å². The highest BCUT2D eigenvalue weighted by molar-refractivity contribution is 5.97. The summed E-state index contributed by atoms with van der Waals surface area (Å²) in [5.41, 5.74) is 2.61. The van der Waals surface area contributed by atoms with Crippen LogP contribution in [0.3, 0.4) is 0 Å². The molecular formula is C18H19FN2O4. The zero-order chi connectivity index (χ0) is 18.4. The van der Waals surface area contributed by atoms with Crippen LogP contribution < -0.4 is 10.1 Å². The van der Waals surface area contributed by atoms with Crippen molar-refractivity contribution in [3.05, 3.63) is 58.9 Å². The molecule has 7 heteroatoms. The Labute approximate surface area is 144 Å². The third-order valence-electron chi connectivity index (χ3n) is 3.59. The fourth-order valence-electron chi connectivity index (χ4n) is 2.36. The summed E-state index contributed by atoms with van der Waals surface area (Å²) >= 11 is 0. The van der Waals surface area contributed by atoms with Gasteiger partial charge in [0, 0.05) is 23.5 Å². The van der Waals surface area contributed by atoms with E-state index in [9.17, 15) is 14.0 Å². The van der Waals surface area contributed by atoms with Crippen LogP contribution in [0.15, 0.2) is 36.7 Å². The number of halogens is 1. The maximum atomic E-state index is 12.6. The molecule has 25 heavy (non-hydrogen) atoms. The smallest absolute Gasteiger partial charge is 0.328 e. The second-order valence-electron chi connectivity index (χ2n) is 5.61. The molecule has 1 amide bonds. The molecule has 1 unspecified atom stereocenters. The summed E-state index contributed by atoms with van der Waals surface area (Å²) in [6, 6.07) is 5.31. The highest BCUT2D eigenvalue weighted by atomic mass is 19.1. The van der Waals surface area contributed by atoms with Crippen LogP contribution in [0.2, 0.25) is 0 Å². The number of nitrogens with one attached hydrogen (secondary N) is 1. The quantitative estimate of drug-likeness (QED) is 0.804. The second kappa shape index (κ2) is 8.23. The molecule has 0 aliphatic carbocycles. The van der Waals surface area contributed by atoms with Gasteiger partial charge < -0.3 is 15.2 Å². The summed E-state index contributed by atoms with van der Waals surface area (Å²) in [4.78, 5) is 27.0. The first-order valence-corrected chi connectivity index (χ1v) is 7.65. The lowest BCUT2D eigenvalue weighted by Crippen LogP contribution is -2.42. The van der Waals surface area contributed by atoms with Crippen LogP contribution >= 0.6 is 0 Å². The lowest BCUT2D eigenvalue weighted by atomic mass is 10.0. The number of alkyl halides is 1. The van der Waals surface area contributed by atoms with Crippen molar-refractivity contribution in [3.8, 4) is 5.75 Å². The molecule has 0 bridgehead atoms. The van der Waals surface area contributed by atoms with Crippen molar-refractivity contribution in [1.29, 1.82) is 0 Å². The maximum Gasteiger partial charge on any atom is 0.328 e. The fourth-order valence-corrected chi connectivity index (χ4v) is 2.36. The molecule has 0 aliphatic heterocycles. The number of rotatable bonds is 7. The minimum absolute atomic E-state index is 0.253. The Morgan fingerprint density at radius 2 is 2.00 bits per heavy atom. The number of aromatic nitrogens is 1. The Morgan fingerprint density at radius 1 is 1.32 bits per heavy atom. The number of carboxylic acid groups (broad SMARTS) is 1. The Morgan fingerprint density at radius 3 is 2.52 bits per heavy atom. The van der Waals surface area contributed by atoms with Crippen molar-refractivity contribution < 1.29 is 23.8 Å². The number of carbonyl (C=O) groups is 2. The molecule has 0 fully saturated rings. The van der Waals surface area contributed by atoms with Crippen LogP contribution in [0, 0.1) is 13.8 Å². The van der Waals surface area contributed by atoms with Gasteiger partial charge in [0.05, 0.1) is 0 Å². The summed E-state index contributed by atoms with van der Waals surface area (Å²) in [5.74, 6) is -1.42. The number of aliphatic carboxylic acids is 1. The molecular weight excluding hydrogens is 327 g/mol. The van der Waals surface area contributed by atoms with Crippen LogP contribution in [-0.2, 0) is 11.4 Å². The number of aryl methyl sites for hydroxylation is 2. The molecule has 6 nitrogen and oxygen atoms in total. The summed E-state index contributed by atoms with van der Waals surface area (Å²) in [5, 5.41) is 11.0. The minimum Gasteiger partial charge on any atom is -0.488 e. The topological polar surface area (TPSA) is 88.5 Å². The highest BCUT2D eigenvalue weighted by Crippen LogP contribution is 2.25. The van der Waals surface area contributed by atoms with Crippen molar-refractivity contribution in [3.63, 3.8) is 0 Å². The summed E-state index contributed by atoms with van der Waals surface area (Å²) < 4.78 is 18.5. The normalized spacial score (nSPS) is 11.6. The van der Waals surface area contributed by atoms with Gasteiger partial charge in [-0.05, 0) is 43.2 Å². The number of nitrogens with zero attached hydrogens (tertiary/aromatic N) is 1. The van der Waals surface area contributed by atoms with E-state index in [1.165, 1.54) is 0 Å². The molecule has 2 rings (SSSR count). The van der Waals surface area contributed by atoms with E-state index in [0.717, 1.165) is 16.7 Å². The number of hydrogen-bond donors (Lipinski definition) is 2. The van der Waals surface area contributed by atoms with E-state index in [1.54, 1.807) is 38.4 Å². The number of carboxylic acids is 1. The standard InChI is InChI=1S/C18H19FN2O4/c1-11-6-14(17(22)21-15(8-19)18(23)24)7-12(2)16(11)25-10-13-4-3-5-20-9-13/h3-7,9,15H,8,10H2,1-2H3,(H,21,22)(H,23,24). The van der Waals surface area contributed by atoms with E-state index in [4.69, 9.17) is 9.84 Å². The average Bonchev–Trinajstić information content (AvgIpc) is 2.59. The molecule has 1 heterocycles. The van der Waals surface area contributed by atoms with Crippen LogP contribution in [0.25, 0.3) is 0 Å². The summed E-state index contributed by atoms with van der Waals surface area (Å²) in [7, 11) is 0. The lowest BCUT2D eigenvalue weighted by Gasteiger charge is -2.15. The molecule has 132 valence electrons. The molecule has 2 N–H and O–H groups in total. The lowest BCUT2D eigenvalue weighted by molar-refractivity contribution is -0.139. The number of hydrogen-bond acceptors (Lipinski definition) is 4. The Balaban J connectivity index is 2.13. The molecule has 2 aromatic rings. The van der Waals surface area contributed by atoms with E-state index in [2.05, 4.69) is 10.3 Å². The van der Waals surface area contributed by atoms with Crippen molar-refractivity contribution in [2.45, 2.75) is 26.5 Å². The van der Waals surface area contributed by atoms with Crippen molar-refractivity contribution in [1.82, 2.24) is 10.3 Å². The third-order valence-corrected chi connectivity index (χ3v) is 3.59. The number of ether oxygens (including phenoxy) is 1. The van der Waals surface area contributed by atoms with Gasteiger partial charge in [-0.15, -0.1) is 0 Å². The maximum absolute atomic E-state index is 12.6. The number of pyridine rings is 1. The van der Waals surface area contributed by atoms with Crippen molar-refractivity contribution in [2.24, 2.45) is 0 Å². The Hall–Kier alpha value is -2.96. The molecule has 0 radical (unpaired) electrons. The number of amides is 1. The van der Waals surface area contributed by atoms with Gasteiger partial charge >= 0.3 is 5.97 Å². The van der Waals surface area contributed by atoms with Gasteiger partial charge in [-0.2, -0.15) is 0 Å². The predicted molar refractivity (Wildman–Crippen MR) is 89.4 cm³/mol. The average molecular weight is 346 g/mol. The summed E-state index contributed by atoms with van der Waals surface area (Å²) in [6.07, 6.45) is 3.38. The largest absolute Gasteiger partial charge is 0.488 e. The molecule has 1 aromatic carbocycles. The van der Waals surface area contributed by atoms with Gasteiger partial charge in [0.1, 0.15) is 19.0 Å². The van der Waals surface area contributed by atoms with E-state index >= 15 is 0 Å². The second-order valence-corrected chi connectivity index (χ2v) is 5.61. The van der Waals surface area contributed by atoms with Crippen LogP contribution in [0.5, 0.6) is 5.75 Å². The zero-order valence-electron chi connectivity index (χ0n) is 14.0. The number of carbonyl (C=O) groups excluding carboxylic acids is 1. The van der Waals surface area contributed by atoms with Crippen molar-refractivity contribution in [2.75, 3.05) is 6.67 Å². The van der Waals surface area contributed by atoms with Gasteiger partial charge in [-0.1, -0.05) is 6.07 Å². The van der Waals surface area contributed by atoms with Gasteiger partial charge in [0.2, 0.25) is 0 Å².